The smallest absolute Gasteiger partial charge is 0.326 e. The van der Waals surface area contributed by atoms with Gasteiger partial charge >= 0.3 is 5.97 Å². The zero-order chi connectivity index (χ0) is 18.3. The average Bonchev–Trinajstić information content (AvgIpc) is 3.24. The third-order valence-corrected chi connectivity index (χ3v) is 4.65. The molecule has 1 amide bonds. The van der Waals surface area contributed by atoms with E-state index in [1.807, 2.05) is 18.4 Å². The van der Waals surface area contributed by atoms with Crippen LogP contribution >= 0.6 is 0 Å². The van der Waals surface area contributed by atoms with E-state index in [0.717, 1.165) is 5.69 Å². The van der Waals surface area contributed by atoms with Crippen molar-refractivity contribution in [2.75, 3.05) is 13.7 Å². The molecular weight excluding hydrogens is 326 g/mol. The molecule has 2 aromatic rings. The molecule has 0 bridgehead atoms. The number of carbonyl (C=O) groups is 2. The number of carboxylic acids is 1. The molecule has 2 unspecified atom stereocenters. The topological polar surface area (TPSA) is 97.8 Å². The molecule has 3 rings (SSSR count). The van der Waals surface area contributed by atoms with Crippen LogP contribution in [0.25, 0.3) is 5.82 Å². The lowest BCUT2D eigenvalue weighted by Crippen LogP contribution is -2.40. The second kappa shape index (κ2) is 6.36. The van der Waals surface area contributed by atoms with E-state index in [1.165, 1.54) is 12.0 Å². The number of aliphatic carboxylic acids is 1. The number of likely N-dealkylation sites (tertiary alicyclic amines) is 1. The van der Waals surface area contributed by atoms with Gasteiger partial charge in [-0.2, -0.15) is 0 Å². The molecule has 8 nitrogen and oxygen atoms in total. The first kappa shape index (κ1) is 17.2. The Morgan fingerprint density at radius 2 is 2.04 bits per heavy atom. The zero-order valence-corrected chi connectivity index (χ0v) is 14.6. The van der Waals surface area contributed by atoms with E-state index in [0.29, 0.717) is 29.3 Å². The van der Waals surface area contributed by atoms with Gasteiger partial charge in [0.1, 0.15) is 11.8 Å². The third kappa shape index (κ3) is 2.93. The number of hydrogen-bond donors (Lipinski definition) is 1. The zero-order valence-electron chi connectivity index (χ0n) is 14.6. The molecule has 0 aliphatic carbocycles. The first-order valence-corrected chi connectivity index (χ1v) is 8.02. The minimum Gasteiger partial charge on any atom is -0.480 e. The predicted octanol–water partition coefficient (Wildman–Crippen LogP) is 1.70. The van der Waals surface area contributed by atoms with E-state index < -0.39 is 12.0 Å². The van der Waals surface area contributed by atoms with E-state index >= 15 is 0 Å². The second-order valence-corrected chi connectivity index (χ2v) is 6.32. The first-order valence-electron chi connectivity index (χ1n) is 8.02. The van der Waals surface area contributed by atoms with E-state index in [2.05, 4.69) is 5.16 Å². The van der Waals surface area contributed by atoms with Gasteiger partial charge in [-0.1, -0.05) is 5.16 Å². The van der Waals surface area contributed by atoms with Crippen LogP contribution in [0.2, 0.25) is 0 Å². The van der Waals surface area contributed by atoms with Crippen LogP contribution in [-0.4, -0.2) is 57.4 Å². The van der Waals surface area contributed by atoms with Crippen molar-refractivity contribution in [2.24, 2.45) is 0 Å². The summed E-state index contributed by atoms with van der Waals surface area (Å²) in [5.41, 5.74) is 1.98. The van der Waals surface area contributed by atoms with Crippen molar-refractivity contribution in [3.05, 3.63) is 34.8 Å². The maximum Gasteiger partial charge on any atom is 0.326 e. The lowest BCUT2D eigenvalue weighted by atomic mass is 10.1. The van der Waals surface area contributed by atoms with Gasteiger partial charge in [-0.05, 0) is 26.8 Å². The molecule has 2 atom stereocenters. The number of nitrogens with zero attached hydrogens (tertiary/aromatic N) is 3. The van der Waals surface area contributed by atoms with Crippen LogP contribution in [0.4, 0.5) is 0 Å². The Morgan fingerprint density at radius 1 is 1.32 bits per heavy atom. The number of hydrogen-bond acceptors (Lipinski definition) is 5. The lowest BCUT2D eigenvalue weighted by molar-refractivity contribution is -0.141. The summed E-state index contributed by atoms with van der Waals surface area (Å²) in [5.74, 6) is -0.0679. The van der Waals surface area contributed by atoms with Crippen LogP contribution in [0.5, 0.6) is 0 Å². The van der Waals surface area contributed by atoms with Crippen molar-refractivity contribution < 1.29 is 24.0 Å². The highest BCUT2D eigenvalue weighted by Gasteiger charge is 2.41. The normalized spacial score (nSPS) is 20.2. The number of carboxylic acid groups (broad SMARTS) is 1. The predicted molar refractivity (Wildman–Crippen MR) is 87.9 cm³/mol. The molecule has 2 aromatic heterocycles. The summed E-state index contributed by atoms with van der Waals surface area (Å²) in [5, 5.41) is 13.4. The fraction of sp³-hybridized carbons (Fsp3) is 0.471. The van der Waals surface area contributed by atoms with Gasteiger partial charge in [0.05, 0.1) is 11.7 Å². The van der Waals surface area contributed by atoms with Gasteiger partial charge in [-0.3, -0.25) is 9.36 Å². The van der Waals surface area contributed by atoms with Crippen LogP contribution in [0.15, 0.2) is 16.7 Å². The Hall–Kier alpha value is -2.61. The van der Waals surface area contributed by atoms with Gasteiger partial charge in [0.25, 0.3) is 5.91 Å². The summed E-state index contributed by atoms with van der Waals surface area (Å²) in [6.07, 6.45) is 0.0189. The Balaban J connectivity index is 1.96. The summed E-state index contributed by atoms with van der Waals surface area (Å²) >= 11 is 0. The molecule has 25 heavy (non-hydrogen) atoms. The monoisotopic (exact) mass is 347 g/mol. The summed E-state index contributed by atoms with van der Waals surface area (Å²) < 4.78 is 12.2. The first-order chi connectivity index (χ1) is 11.8. The Morgan fingerprint density at radius 3 is 2.60 bits per heavy atom. The SMILES string of the molecule is COC1CC(C(=O)O)N(C(=O)c2cc(C)n(-c3cc(C)on3)c2C)C1. The van der Waals surface area contributed by atoms with Gasteiger partial charge in [-0.15, -0.1) is 0 Å². The number of ether oxygens (including phenoxy) is 1. The van der Waals surface area contributed by atoms with Crippen LogP contribution in [0.3, 0.4) is 0 Å². The van der Waals surface area contributed by atoms with Gasteiger partial charge in [-0.25, -0.2) is 4.79 Å². The minimum atomic E-state index is -1.02. The minimum absolute atomic E-state index is 0.263. The van der Waals surface area contributed by atoms with Crippen molar-refractivity contribution >= 4 is 11.9 Å². The standard InChI is InChI=1S/C17H21N3O5/c1-9-5-13(11(3)20(9)15-6-10(2)25-18-15)16(21)19-8-12(24-4)7-14(19)17(22)23/h5-6,12,14H,7-8H2,1-4H3,(H,22,23). The van der Waals surface area contributed by atoms with Crippen LogP contribution in [0.1, 0.15) is 33.9 Å². The largest absolute Gasteiger partial charge is 0.480 e. The van der Waals surface area contributed by atoms with Crippen molar-refractivity contribution in [3.8, 4) is 5.82 Å². The molecule has 0 aromatic carbocycles. The highest BCUT2D eigenvalue weighted by Crippen LogP contribution is 2.27. The molecule has 1 aliphatic rings. The molecule has 3 heterocycles. The highest BCUT2D eigenvalue weighted by molar-refractivity contribution is 5.98. The van der Waals surface area contributed by atoms with E-state index in [9.17, 15) is 14.7 Å². The summed E-state index contributed by atoms with van der Waals surface area (Å²) in [6.45, 7) is 5.73. The molecular formula is C17H21N3O5. The fourth-order valence-corrected chi connectivity index (χ4v) is 3.37. The van der Waals surface area contributed by atoms with Gasteiger partial charge in [0, 0.05) is 37.5 Å². The molecule has 8 heteroatoms. The maximum absolute atomic E-state index is 13.0. The number of methoxy groups -OCH3 is 1. The second-order valence-electron chi connectivity index (χ2n) is 6.32. The van der Waals surface area contributed by atoms with Crippen LogP contribution in [0, 0.1) is 20.8 Å². The molecule has 1 saturated heterocycles. The summed E-state index contributed by atoms with van der Waals surface area (Å²) in [4.78, 5) is 25.9. The molecule has 1 aliphatic heterocycles. The number of carbonyl (C=O) groups excluding carboxylic acids is 1. The summed E-state index contributed by atoms with van der Waals surface area (Å²) in [7, 11) is 1.52. The molecule has 0 radical (unpaired) electrons. The van der Waals surface area contributed by atoms with Crippen molar-refractivity contribution in [3.63, 3.8) is 0 Å². The number of aromatic nitrogens is 2. The molecule has 1 fully saturated rings. The molecule has 0 saturated carbocycles. The van der Waals surface area contributed by atoms with Crippen molar-refractivity contribution in [1.82, 2.24) is 14.6 Å². The number of amides is 1. The Bertz CT molecular complexity index is 822. The van der Waals surface area contributed by atoms with Crippen molar-refractivity contribution in [1.29, 1.82) is 0 Å². The van der Waals surface area contributed by atoms with Crippen LogP contribution in [-0.2, 0) is 9.53 Å². The number of aryl methyl sites for hydroxylation is 2. The molecule has 1 N–H and O–H groups in total. The van der Waals surface area contributed by atoms with Gasteiger partial charge in [0.15, 0.2) is 5.82 Å². The van der Waals surface area contributed by atoms with E-state index in [1.54, 1.807) is 19.1 Å². The van der Waals surface area contributed by atoms with E-state index in [4.69, 9.17) is 9.26 Å². The lowest BCUT2D eigenvalue weighted by Gasteiger charge is -2.21. The summed E-state index contributed by atoms with van der Waals surface area (Å²) in [6, 6.07) is 2.65. The molecule has 0 spiro atoms. The third-order valence-electron chi connectivity index (χ3n) is 4.65. The van der Waals surface area contributed by atoms with Gasteiger partial charge < -0.3 is 19.3 Å². The average molecular weight is 347 g/mol. The Kier molecular flexibility index (Phi) is 4.38. The Labute approximate surface area is 145 Å². The van der Waals surface area contributed by atoms with E-state index in [-0.39, 0.29) is 18.6 Å². The quantitative estimate of drug-likeness (QED) is 0.904. The van der Waals surface area contributed by atoms with Crippen molar-refractivity contribution in [2.45, 2.75) is 39.3 Å². The molecule has 134 valence electrons. The van der Waals surface area contributed by atoms with Crippen LogP contribution < -0.4 is 0 Å². The fourth-order valence-electron chi connectivity index (χ4n) is 3.37. The number of rotatable bonds is 4. The van der Waals surface area contributed by atoms with Gasteiger partial charge in [0.2, 0.25) is 0 Å². The highest BCUT2D eigenvalue weighted by atomic mass is 16.5. The maximum atomic E-state index is 13.0.